The summed E-state index contributed by atoms with van der Waals surface area (Å²) in [5.74, 6) is 0.582. The highest BCUT2D eigenvalue weighted by Gasteiger charge is 1.93. The highest BCUT2D eigenvalue weighted by molar-refractivity contribution is 5.87. The van der Waals surface area contributed by atoms with Crippen molar-refractivity contribution in [3.8, 4) is 0 Å². The quantitative estimate of drug-likeness (QED) is 0.358. The predicted molar refractivity (Wildman–Crippen MR) is 57.6 cm³/mol. The fourth-order valence-corrected chi connectivity index (χ4v) is 1.08. The van der Waals surface area contributed by atoms with Crippen LogP contribution >= 0.6 is 0 Å². The minimum Gasteiger partial charge on any atom is -0.295 e. The van der Waals surface area contributed by atoms with Gasteiger partial charge in [0.2, 0.25) is 0 Å². The van der Waals surface area contributed by atoms with E-state index >= 15 is 0 Å². The largest absolute Gasteiger partial charge is 0.295 e. The van der Waals surface area contributed by atoms with Gasteiger partial charge in [0, 0.05) is 0 Å². The number of carbonyl (C=O) groups is 1. The summed E-state index contributed by atoms with van der Waals surface area (Å²) >= 11 is 0. The lowest BCUT2D eigenvalue weighted by Crippen LogP contribution is -1.88. The molecule has 0 amide bonds. The second-order valence-corrected chi connectivity index (χ2v) is 3.36. The van der Waals surface area contributed by atoms with Crippen molar-refractivity contribution in [3.63, 3.8) is 0 Å². The summed E-state index contributed by atoms with van der Waals surface area (Å²) in [6.07, 6.45) is 8.46. The van der Waals surface area contributed by atoms with Crippen LogP contribution in [-0.2, 0) is 4.79 Å². The van der Waals surface area contributed by atoms with Crippen LogP contribution in [0.3, 0.4) is 0 Å². The molecule has 1 nitrogen and oxygen atoms in total. The van der Waals surface area contributed by atoms with Gasteiger partial charge in [-0.1, -0.05) is 30.7 Å². The van der Waals surface area contributed by atoms with E-state index in [-0.39, 0.29) is 5.78 Å². The van der Waals surface area contributed by atoms with Crippen molar-refractivity contribution in [2.45, 2.75) is 27.2 Å². The Balaban J connectivity index is 4.15. The SMILES string of the molecule is C=CCC(C)/C=C(C)/C=C/C(C)=O. The number of allylic oxidation sites excluding steroid dienone is 5. The molecule has 0 aromatic rings. The Morgan fingerprint density at radius 3 is 2.46 bits per heavy atom. The van der Waals surface area contributed by atoms with Crippen molar-refractivity contribution >= 4 is 5.78 Å². The van der Waals surface area contributed by atoms with E-state index in [1.54, 1.807) is 13.0 Å². The molecule has 0 aliphatic heterocycles. The Labute approximate surface area is 80.8 Å². The van der Waals surface area contributed by atoms with Crippen molar-refractivity contribution in [1.82, 2.24) is 0 Å². The molecule has 0 aliphatic rings. The van der Waals surface area contributed by atoms with Gasteiger partial charge in [0.1, 0.15) is 0 Å². The Kier molecular flexibility index (Phi) is 5.86. The summed E-state index contributed by atoms with van der Waals surface area (Å²) in [5.41, 5.74) is 1.13. The minimum atomic E-state index is 0.0872. The summed E-state index contributed by atoms with van der Waals surface area (Å²) in [6.45, 7) is 9.36. The molecule has 72 valence electrons. The van der Waals surface area contributed by atoms with E-state index < -0.39 is 0 Å². The molecular weight excluding hydrogens is 160 g/mol. The first kappa shape index (κ1) is 11.9. The topological polar surface area (TPSA) is 17.1 Å². The van der Waals surface area contributed by atoms with Crippen LogP contribution in [-0.4, -0.2) is 5.78 Å². The lowest BCUT2D eigenvalue weighted by atomic mass is 10.0. The van der Waals surface area contributed by atoms with Crippen LogP contribution in [0.25, 0.3) is 0 Å². The first-order valence-corrected chi connectivity index (χ1v) is 4.54. The third kappa shape index (κ3) is 7.26. The second kappa shape index (κ2) is 6.41. The van der Waals surface area contributed by atoms with Gasteiger partial charge in [-0.25, -0.2) is 0 Å². The number of hydrogen-bond donors (Lipinski definition) is 0. The molecule has 0 aromatic heterocycles. The van der Waals surface area contributed by atoms with Gasteiger partial charge in [-0.05, 0) is 32.3 Å². The van der Waals surface area contributed by atoms with Gasteiger partial charge in [-0.2, -0.15) is 0 Å². The molecule has 0 bridgehead atoms. The van der Waals surface area contributed by atoms with Crippen molar-refractivity contribution in [2.24, 2.45) is 5.92 Å². The normalized spacial score (nSPS) is 14.5. The Hall–Kier alpha value is -1.11. The third-order valence-electron chi connectivity index (χ3n) is 1.67. The number of rotatable bonds is 5. The monoisotopic (exact) mass is 178 g/mol. The summed E-state index contributed by atoms with van der Waals surface area (Å²) in [6, 6.07) is 0. The molecule has 0 aromatic carbocycles. The standard InChI is InChI=1S/C12H18O/c1-5-6-10(2)9-11(3)7-8-12(4)13/h5,7-10H,1,6H2,2-4H3/b8-7+,11-9+. The van der Waals surface area contributed by atoms with Gasteiger partial charge in [-0.15, -0.1) is 6.58 Å². The van der Waals surface area contributed by atoms with Crippen molar-refractivity contribution in [2.75, 3.05) is 0 Å². The van der Waals surface area contributed by atoms with Gasteiger partial charge >= 0.3 is 0 Å². The van der Waals surface area contributed by atoms with Crippen LogP contribution in [0.5, 0.6) is 0 Å². The van der Waals surface area contributed by atoms with Gasteiger partial charge in [0.05, 0.1) is 0 Å². The maximum atomic E-state index is 10.6. The molecule has 1 heteroatoms. The van der Waals surface area contributed by atoms with Crippen LogP contribution in [0.4, 0.5) is 0 Å². The van der Waals surface area contributed by atoms with E-state index in [4.69, 9.17) is 0 Å². The van der Waals surface area contributed by atoms with E-state index in [2.05, 4.69) is 19.6 Å². The molecular formula is C12H18O. The molecule has 1 atom stereocenters. The third-order valence-corrected chi connectivity index (χ3v) is 1.67. The first-order chi connectivity index (χ1) is 6.06. The zero-order chi connectivity index (χ0) is 10.3. The maximum Gasteiger partial charge on any atom is 0.152 e. The summed E-state index contributed by atoms with van der Waals surface area (Å²) in [4.78, 5) is 10.6. The molecule has 0 N–H and O–H groups in total. The average Bonchev–Trinajstić information content (AvgIpc) is 2.01. The van der Waals surface area contributed by atoms with E-state index in [1.807, 2.05) is 19.1 Å². The van der Waals surface area contributed by atoms with Crippen molar-refractivity contribution in [3.05, 3.63) is 36.5 Å². The number of hydrogen-bond acceptors (Lipinski definition) is 1. The van der Waals surface area contributed by atoms with Crippen molar-refractivity contribution < 1.29 is 4.79 Å². The molecule has 0 heterocycles. The summed E-state index contributed by atoms with van der Waals surface area (Å²) in [7, 11) is 0. The Morgan fingerprint density at radius 2 is 2.00 bits per heavy atom. The molecule has 13 heavy (non-hydrogen) atoms. The smallest absolute Gasteiger partial charge is 0.152 e. The van der Waals surface area contributed by atoms with Crippen LogP contribution in [0, 0.1) is 5.92 Å². The molecule has 0 spiro atoms. The van der Waals surface area contributed by atoms with Crippen LogP contribution in [0.1, 0.15) is 27.2 Å². The fraction of sp³-hybridized carbons (Fsp3) is 0.417. The molecule has 1 unspecified atom stereocenters. The first-order valence-electron chi connectivity index (χ1n) is 4.54. The molecule has 0 rings (SSSR count). The molecule has 0 radical (unpaired) electrons. The van der Waals surface area contributed by atoms with Crippen LogP contribution < -0.4 is 0 Å². The highest BCUT2D eigenvalue weighted by atomic mass is 16.1. The number of carbonyl (C=O) groups excluding carboxylic acids is 1. The minimum absolute atomic E-state index is 0.0872. The van der Waals surface area contributed by atoms with Gasteiger partial charge < -0.3 is 0 Å². The molecule has 0 saturated carbocycles. The zero-order valence-corrected chi connectivity index (χ0v) is 8.71. The number of ketones is 1. The maximum absolute atomic E-state index is 10.6. The Morgan fingerprint density at radius 1 is 1.38 bits per heavy atom. The molecule has 0 fully saturated rings. The molecule has 0 aliphatic carbocycles. The van der Waals surface area contributed by atoms with Crippen molar-refractivity contribution in [1.29, 1.82) is 0 Å². The summed E-state index contributed by atoms with van der Waals surface area (Å²) in [5, 5.41) is 0. The highest BCUT2D eigenvalue weighted by Crippen LogP contribution is 2.08. The fourth-order valence-electron chi connectivity index (χ4n) is 1.08. The lowest BCUT2D eigenvalue weighted by molar-refractivity contribution is -0.112. The second-order valence-electron chi connectivity index (χ2n) is 3.36. The molecule has 0 saturated heterocycles. The van der Waals surface area contributed by atoms with E-state index in [0.29, 0.717) is 5.92 Å². The Bertz CT molecular complexity index is 234. The average molecular weight is 178 g/mol. The van der Waals surface area contributed by atoms with Gasteiger partial charge in [-0.3, -0.25) is 4.79 Å². The van der Waals surface area contributed by atoms with Gasteiger partial charge in [0.25, 0.3) is 0 Å². The lowest BCUT2D eigenvalue weighted by Gasteiger charge is -2.01. The van der Waals surface area contributed by atoms with Crippen LogP contribution in [0.2, 0.25) is 0 Å². The predicted octanol–water partition coefficient (Wildman–Crippen LogP) is 3.29. The van der Waals surface area contributed by atoms with E-state index in [1.165, 1.54) is 0 Å². The summed E-state index contributed by atoms with van der Waals surface area (Å²) < 4.78 is 0. The zero-order valence-electron chi connectivity index (χ0n) is 8.71. The van der Waals surface area contributed by atoms with Gasteiger partial charge in [0.15, 0.2) is 5.78 Å². The van der Waals surface area contributed by atoms with E-state index in [0.717, 1.165) is 12.0 Å². The van der Waals surface area contributed by atoms with Crippen LogP contribution in [0.15, 0.2) is 36.5 Å². The van der Waals surface area contributed by atoms with E-state index in [9.17, 15) is 4.79 Å².